The van der Waals surface area contributed by atoms with E-state index in [9.17, 15) is 9.59 Å². The lowest BCUT2D eigenvalue weighted by molar-refractivity contribution is 0.0282. The van der Waals surface area contributed by atoms with Gasteiger partial charge in [0.2, 0.25) is 5.78 Å². The average molecular weight is 512 g/mol. The molecule has 0 fully saturated rings. The van der Waals surface area contributed by atoms with Crippen LogP contribution in [0.2, 0.25) is 10.0 Å². The van der Waals surface area contributed by atoms with Gasteiger partial charge in [0.1, 0.15) is 0 Å². The number of hydrogen-bond acceptors (Lipinski definition) is 4. The Morgan fingerprint density at radius 3 is 2.17 bits per heavy atom. The molecule has 1 aromatic heterocycles. The van der Waals surface area contributed by atoms with Gasteiger partial charge in [0.15, 0.2) is 6.10 Å². The van der Waals surface area contributed by atoms with Crippen LogP contribution in [0.1, 0.15) is 32.4 Å². The van der Waals surface area contributed by atoms with Gasteiger partial charge in [-0.05, 0) is 30.3 Å². The number of esters is 1. The molecule has 5 aromatic rings. The number of pyridine rings is 1. The predicted molar refractivity (Wildman–Crippen MR) is 143 cm³/mol. The Labute approximate surface area is 218 Å². The first-order valence-electron chi connectivity index (χ1n) is 11.2. The first-order valence-corrected chi connectivity index (χ1v) is 12.0. The molecule has 4 nitrogen and oxygen atoms in total. The summed E-state index contributed by atoms with van der Waals surface area (Å²) in [6.45, 7) is 0. The third-order valence-electron chi connectivity index (χ3n) is 5.78. The maximum absolute atomic E-state index is 13.7. The van der Waals surface area contributed by atoms with E-state index in [1.165, 1.54) is 0 Å². The first-order chi connectivity index (χ1) is 17.5. The number of ether oxygens (including phenoxy) is 1. The van der Waals surface area contributed by atoms with Gasteiger partial charge in [-0.1, -0.05) is 102 Å². The summed E-state index contributed by atoms with van der Waals surface area (Å²) in [6.07, 6.45) is -1.16. The van der Waals surface area contributed by atoms with Crippen LogP contribution in [0, 0.1) is 0 Å². The number of hydrogen-bond donors (Lipinski definition) is 0. The molecular weight excluding hydrogens is 493 g/mol. The number of carbonyl (C=O) groups is 2. The molecule has 0 aliphatic carbocycles. The minimum Gasteiger partial charge on any atom is -0.445 e. The predicted octanol–water partition coefficient (Wildman–Crippen LogP) is 7.99. The molecule has 36 heavy (non-hydrogen) atoms. The highest BCUT2D eigenvalue weighted by Gasteiger charge is 2.28. The zero-order chi connectivity index (χ0) is 25.1. The number of ketones is 1. The van der Waals surface area contributed by atoms with Crippen LogP contribution in [-0.4, -0.2) is 16.7 Å². The van der Waals surface area contributed by atoms with Crippen LogP contribution in [0.25, 0.3) is 22.2 Å². The number of aromatic nitrogens is 1. The monoisotopic (exact) mass is 511 g/mol. The zero-order valence-electron chi connectivity index (χ0n) is 18.9. The van der Waals surface area contributed by atoms with E-state index in [1.807, 2.05) is 42.5 Å². The van der Waals surface area contributed by atoms with Gasteiger partial charge in [-0.2, -0.15) is 0 Å². The van der Waals surface area contributed by atoms with E-state index < -0.39 is 12.1 Å². The van der Waals surface area contributed by atoms with E-state index in [2.05, 4.69) is 0 Å². The molecule has 5 rings (SSSR count). The second-order valence-electron chi connectivity index (χ2n) is 8.12. The third-order valence-corrected chi connectivity index (χ3v) is 6.36. The third kappa shape index (κ3) is 4.87. The molecule has 0 saturated carbocycles. The summed E-state index contributed by atoms with van der Waals surface area (Å²) in [5.41, 5.74) is 3.07. The Morgan fingerprint density at radius 1 is 0.750 bits per heavy atom. The zero-order valence-corrected chi connectivity index (χ0v) is 20.4. The molecule has 0 saturated heterocycles. The number of nitrogens with zero attached hydrogens (tertiary/aromatic N) is 1. The van der Waals surface area contributed by atoms with Crippen molar-refractivity contribution in [2.24, 2.45) is 0 Å². The molecule has 0 N–H and O–H groups in total. The lowest BCUT2D eigenvalue weighted by Gasteiger charge is -2.19. The number of benzene rings is 4. The Hall–Kier alpha value is -3.99. The average Bonchev–Trinajstić information content (AvgIpc) is 2.92. The van der Waals surface area contributed by atoms with Crippen LogP contribution >= 0.6 is 23.2 Å². The van der Waals surface area contributed by atoms with Gasteiger partial charge in [0, 0.05) is 32.1 Å². The molecule has 0 amide bonds. The number of carbonyl (C=O) groups excluding carboxylic acids is 2. The number of fused-ring (bicyclic) bond motifs is 1. The molecule has 1 atom stereocenters. The van der Waals surface area contributed by atoms with E-state index in [-0.39, 0.29) is 11.3 Å². The summed E-state index contributed by atoms with van der Waals surface area (Å²) in [7, 11) is 0. The number of halogens is 2. The maximum Gasteiger partial charge on any atom is 0.339 e. The van der Waals surface area contributed by atoms with Crippen molar-refractivity contribution in [3.63, 3.8) is 0 Å². The molecule has 0 aliphatic heterocycles. The molecule has 176 valence electrons. The molecular formula is C30H19Cl2NO3. The van der Waals surface area contributed by atoms with Crippen molar-refractivity contribution in [2.45, 2.75) is 6.10 Å². The Kier molecular flexibility index (Phi) is 6.81. The summed E-state index contributed by atoms with van der Waals surface area (Å²) in [5, 5.41) is 1.64. The fourth-order valence-electron chi connectivity index (χ4n) is 3.99. The Bertz CT molecular complexity index is 1570. The second kappa shape index (κ2) is 10.3. The van der Waals surface area contributed by atoms with E-state index >= 15 is 0 Å². The van der Waals surface area contributed by atoms with Crippen LogP contribution in [0.3, 0.4) is 0 Å². The minimum absolute atomic E-state index is 0.287. The molecule has 6 heteroatoms. The van der Waals surface area contributed by atoms with Crippen molar-refractivity contribution in [1.82, 2.24) is 4.98 Å². The van der Waals surface area contributed by atoms with Crippen LogP contribution < -0.4 is 0 Å². The van der Waals surface area contributed by atoms with Gasteiger partial charge in [-0.15, -0.1) is 0 Å². The van der Waals surface area contributed by atoms with Crippen LogP contribution in [0.5, 0.6) is 0 Å². The van der Waals surface area contributed by atoms with Crippen molar-refractivity contribution in [3.05, 3.63) is 136 Å². The van der Waals surface area contributed by atoms with Gasteiger partial charge >= 0.3 is 5.97 Å². The molecule has 0 aliphatic rings. The number of Topliss-reactive ketones (excluding diaryl/α,β-unsaturated/α-hetero) is 1. The van der Waals surface area contributed by atoms with Gasteiger partial charge < -0.3 is 4.74 Å². The van der Waals surface area contributed by atoms with E-state index in [0.717, 1.165) is 0 Å². The maximum atomic E-state index is 13.7. The van der Waals surface area contributed by atoms with Gasteiger partial charge in [0.05, 0.1) is 16.8 Å². The van der Waals surface area contributed by atoms with E-state index in [4.69, 9.17) is 32.9 Å². The van der Waals surface area contributed by atoms with Crippen LogP contribution in [0.15, 0.2) is 109 Å². The molecule has 1 heterocycles. The summed E-state index contributed by atoms with van der Waals surface area (Å²) >= 11 is 12.5. The van der Waals surface area contributed by atoms with Gasteiger partial charge in [0.25, 0.3) is 0 Å². The summed E-state index contributed by atoms with van der Waals surface area (Å²) in [5.74, 6) is -0.984. The standard InChI is InChI=1S/C30H19Cl2NO3/c31-21-16-14-20(15-17-21)29(28(34)19-8-2-1-3-9-19)36-30(35)24-18-27(23-11-4-6-12-25(23)32)33-26-13-7-5-10-22(24)26/h1-18,29H/t29-/m1/s1. The minimum atomic E-state index is -1.16. The van der Waals surface area contributed by atoms with E-state index in [0.29, 0.717) is 43.3 Å². The fraction of sp³-hybridized carbons (Fsp3) is 0.0333. The van der Waals surface area contributed by atoms with E-state index in [1.54, 1.807) is 66.7 Å². The van der Waals surface area contributed by atoms with Crippen molar-refractivity contribution in [2.75, 3.05) is 0 Å². The number of rotatable bonds is 6. The van der Waals surface area contributed by atoms with Crippen LogP contribution in [0.4, 0.5) is 0 Å². The van der Waals surface area contributed by atoms with Crippen molar-refractivity contribution >= 4 is 45.9 Å². The topological polar surface area (TPSA) is 56.3 Å². The first kappa shape index (κ1) is 23.7. The molecule has 4 aromatic carbocycles. The second-order valence-corrected chi connectivity index (χ2v) is 8.96. The molecule has 0 spiro atoms. The summed E-state index contributed by atoms with van der Waals surface area (Å²) in [4.78, 5) is 31.8. The highest BCUT2D eigenvalue weighted by Crippen LogP contribution is 2.32. The largest absolute Gasteiger partial charge is 0.445 e. The quantitative estimate of drug-likeness (QED) is 0.171. The summed E-state index contributed by atoms with van der Waals surface area (Å²) in [6, 6.07) is 31.6. The normalized spacial score (nSPS) is 11.7. The summed E-state index contributed by atoms with van der Waals surface area (Å²) < 4.78 is 5.92. The fourth-order valence-corrected chi connectivity index (χ4v) is 4.34. The lowest BCUT2D eigenvalue weighted by Crippen LogP contribution is -2.20. The molecule has 0 bridgehead atoms. The highest BCUT2D eigenvalue weighted by molar-refractivity contribution is 6.33. The van der Waals surface area contributed by atoms with Crippen LogP contribution in [-0.2, 0) is 4.74 Å². The van der Waals surface area contributed by atoms with Crippen molar-refractivity contribution < 1.29 is 14.3 Å². The number of para-hydroxylation sites is 1. The SMILES string of the molecule is O=C(O[C@@H](C(=O)c1ccccc1)c1ccc(Cl)cc1)c1cc(-c2ccccc2Cl)nc2ccccc12. The Morgan fingerprint density at radius 2 is 1.42 bits per heavy atom. The lowest BCUT2D eigenvalue weighted by atomic mass is 9.99. The van der Waals surface area contributed by atoms with Crippen molar-refractivity contribution in [1.29, 1.82) is 0 Å². The highest BCUT2D eigenvalue weighted by atomic mass is 35.5. The molecule has 0 unspecified atom stereocenters. The Balaban J connectivity index is 1.59. The van der Waals surface area contributed by atoms with Gasteiger partial charge in [-0.3, -0.25) is 4.79 Å². The smallest absolute Gasteiger partial charge is 0.339 e. The van der Waals surface area contributed by atoms with Crippen molar-refractivity contribution in [3.8, 4) is 11.3 Å². The molecule has 0 radical (unpaired) electrons. The van der Waals surface area contributed by atoms with Gasteiger partial charge in [-0.25, -0.2) is 9.78 Å².